The maximum Gasteiger partial charge on any atom is 0.251 e. The maximum absolute atomic E-state index is 16.0. The van der Waals surface area contributed by atoms with Crippen LogP contribution in [0.25, 0.3) is 0 Å². The molecule has 1 aromatic rings. The van der Waals surface area contributed by atoms with Crippen LogP contribution in [-0.2, 0) is 0 Å². The molecule has 3 N–H and O–H groups in total. The molecule has 5 nitrogen and oxygen atoms in total. The van der Waals surface area contributed by atoms with Crippen molar-refractivity contribution in [3.63, 3.8) is 0 Å². The lowest BCUT2D eigenvalue weighted by atomic mass is 9.43. The monoisotopic (exact) mass is 553 g/mol. The number of pyridine rings is 1. The van der Waals surface area contributed by atoms with Gasteiger partial charge in [0.1, 0.15) is 5.82 Å². The minimum Gasteiger partial charge on any atom is -0.481 e. The molecule has 0 bridgehead atoms. The van der Waals surface area contributed by atoms with E-state index in [9.17, 15) is 19.7 Å². The van der Waals surface area contributed by atoms with Gasteiger partial charge in [-0.2, -0.15) is 0 Å². The van der Waals surface area contributed by atoms with Crippen molar-refractivity contribution in [2.24, 2.45) is 46.3 Å². The SMILES string of the molecule is COc1nccc(F)c1C(O)CCC[C@@H](C)[C@H]1CC[C@H]2[C@H]3[C@H](CC[C@]12C)[C@@]1(C)CC[C@H](O)[C@H](O)[C@@H]1CC3(F)F. The van der Waals surface area contributed by atoms with E-state index >= 15 is 8.78 Å². The first-order chi connectivity index (χ1) is 18.3. The first kappa shape index (κ1) is 29.1. The summed E-state index contributed by atoms with van der Waals surface area (Å²) in [7, 11) is 1.40. The van der Waals surface area contributed by atoms with Gasteiger partial charge >= 0.3 is 0 Å². The molecule has 0 saturated heterocycles. The van der Waals surface area contributed by atoms with Gasteiger partial charge in [0.05, 0.1) is 31.0 Å². The fourth-order valence-corrected chi connectivity index (χ4v) is 10.0. The second-order valence-electron chi connectivity index (χ2n) is 13.8. The van der Waals surface area contributed by atoms with Crippen LogP contribution in [0.3, 0.4) is 0 Å². The first-order valence-electron chi connectivity index (χ1n) is 15.0. The Balaban J connectivity index is 1.27. The highest BCUT2D eigenvalue weighted by Gasteiger charge is 2.69. The predicted molar refractivity (Wildman–Crippen MR) is 142 cm³/mol. The summed E-state index contributed by atoms with van der Waals surface area (Å²) in [5.41, 5.74) is -0.447. The van der Waals surface area contributed by atoms with Crippen molar-refractivity contribution in [2.45, 2.75) is 109 Å². The highest BCUT2D eigenvalue weighted by molar-refractivity contribution is 5.29. The Kier molecular flexibility index (Phi) is 7.82. The molecule has 1 heterocycles. The summed E-state index contributed by atoms with van der Waals surface area (Å²) in [5.74, 6) is -4.10. The zero-order chi connectivity index (χ0) is 28.3. The minimum absolute atomic E-state index is 0.0557. The highest BCUT2D eigenvalue weighted by Crippen LogP contribution is 2.71. The number of fused-ring (bicyclic) bond motifs is 5. The number of aliphatic hydroxyl groups is 3. The number of halogens is 3. The van der Waals surface area contributed by atoms with Crippen LogP contribution in [0.15, 0.2) is 12.3 Å². The minimum atomic E-state index is -2.85. The van der Waals surface area contributed by atoms with Gasteiger partial charge in [-0.05, 0) is 91.4 Å². The van der Waals surface area contributed by atoms with E-state index in [4.69, 9.17) is 4.74 Å². The summed E-state index contributed by atoms with van der Waals surface area (Å²) in [6.07, 6.45) is 4.45. The number of rotatable bonds is 7. The Morgan fingerprint density at radius 2 is 1.72 bits per heavy atom. The Morgan fingerprint density at radius 1 is 1.03 bits per heavy atom. The number of aliphatic hydroxyl groups excluding tert-OH is 3. The van der Waals surface area contributed by atoms with Crippen molar-refractivity contribution in [1.82, 2.24) is 4.98 Å². The van der Waals surface area contributed by atoms with E-state index in [1.807, 2.05) is 0 Å². The third-order valence-electron chi connectivity index (χ3n) is 12.1. The van der Waals surface area contributed by atoms with Crippen LogP contribution in [0.1, 0.15) is 96.6 Å². The van der Waals surface area contributed by atoms with Gasteiger partial charge in [0.15, 0.2) is 0 Å². The van der Waals surface area contributed by atoms with Crippen LogP contribution in [0.4, 0.5) is 13.2 Å². The molecule has 1 aromatic heterocycles. The lowest BCUT2D eigenvalue weighted by molar-refractivity contribution is -0.258. The van der Waals surface area contributed by atoms with Crippen LogP contribution in [0, 0.1) is 52.2 Å². The zero-order valence-electron chi connectivity index (χ0n) is 23.8. The third-order valence-corrected chi connectivity index (χ3v) is 12.1. The maximum atomic E-state index is 16.0. The van der Waals surface area contributed by atoms with E-state index in [-0.39, 0.29) is 40.5 Å². The van der Waals surface area contributed by atoms with Crippen molar-refractivity contribution in [3.8, 4) is 5.88 Å². The van der Waals surface area contributed by atoms with Gasteiger partial charge < -0.3 is 20.1 Å². The molecule has 0 amide bonds. The van der Waals surface area contributed by atoms with E-state index in [2.05, 4.69) is 25.8 Å². The van der Waals surface area contributed by atoms with Gasteiger partial charge in [-0.25, -0.2) is 18.2 Å². The topological polar surface area (TPSA) is 82.8 Å². The molecule has 0 spiro atoms. The highest BCUT2D eigenvalue weighted by atomic mass is 19.3. The molecule has 0 aliphatic heterocycles. The standard InChI is InChI=1S/C31H46F3NO4/c1-17(6-5-7-23(36)25-22(32)12-15-35-28(25)39-4)18-8-9-19-26-20(10-13-29(18,19)2)30(3)14-11-24(37)27(38)21(30)16-31(26,33)34/h12,15,17-21,23-24,26-27,36-38H,5-11,13-14,16H2,1-4H3/t17-,18-,19+,20+,21+,23?,24+,26+,27-,29-,30-/m1/s1. The molecule has 11 atom stereocenters. The molecule has 5 rings (SSSR count). The van der Waals surface area contributed by atoms with Crippen molar-refractivity contribution >= 4 is 0 Å². The van der Waals surface area contributed by atoms with Crippen LogP contribution in [-0.4, -0.2) is 45.5 Å². The molecule has 8 heteroatoms. The fourth-order valence-electron chi connectivity index (χ4n) is 10.0. The van der Waals surface area contributed by atoms with Crippen molar-refractivity contribution in [2.75, 3.05) is 7.11 Å². The summed E-state index contributed by atoms with van der Waals surface area (Å²) in [6.45, 7) is 6.54. The summed E-state index contributed by atoms with van der Waals surface area (Å²) in [6, 6.07) is 1.22. The molecule has 0 aromatic carbocycles. The average molecular weight is 554 g/mol. The molecule has 4 saturated carbocycles. The normalized spacial score (nSPS) is 42.7. The zero-order valence-corrected chi connectivity index (χ0v) is 23.8. The molecule has 220 valence electrons. The van der Waals surface area contributed by atoms with E-state index in [0.29, 0.717) is 37.5 Å². The van der Waals surface area contributed by atoms with Gasteiger partial charge in [0.2, 0.25) is 5.88 Å². The van der Waals surface area contributed by atoms with Gasteiger partial charge in [-0.1, -0.05) is 33.6 Å². The van der Waals surface area contributed by atoms with Crippen molar-refractivity contribution < 1.29 is 33.2 Å². The molecule has 4 aliphatic carbocycles. The first-order valence-corrected chi connectivity index (χ1v) is 15.0. The van der Waals surface area contributed by atoms with Crippen LogP contribution in [0.5, 0.6) is 5.88 Å². The van der Waals surface area contributed by atoms with E-state index < -0.39 is 41.9 Å². The molecular weight excluding hydrogens is 507 g/mol. The summed E-state index contributed by atoms with van der Waals surface area (Å²) < 4.78 is 51.5. The fraction of sp³-hybridized carbons (Fsp3) is 0.839. The lowest BCUT2D eigenvalue weighted by Crippen LogP contribution is -2.64. The van der Waals surface area contributed by atoms with Crippen LogP contribution < -0.4 is 4.74 Å². The Morgan fingerprint density at radius 3 is 2.44 bits per heavy atom. The summed E-state index contributed by atoms with van der Waals surface area (Å²) >= 11 is 0. The van der Waals surface area contributed by atoms with Crippen LogP contribution >= 0.6 is 0 Å². The van der Waals surface area contributed by atoms with E-state index in [1.165, 1.54) is 19.4 Å². The van der Waals surface area contributed by atoms with Gasteiger partial charge in [-0.3, -0.25) is 0 Å². The lowest BCUT2D eigenvalue weighted by Gasteiger charge is -2.63. The number of alkyl halides is 2. The molecule has 39 heavy (non-hydrogen) atoms. The molecule has 0 radical (unpaired) electrons. The molecular formula is C31H46F3NO4. The van der Waals surface area contributed by atoms with Crippen LogP contribution in [0.2, 0.25) is 0 Å². The van der Waals surface area contributed by atoms with Gasteiger partial charge in [-0.15, -0.1) is 0 Å². The van der Waals surface area contributed by atoms with Crippen molar-refractivity contribution in [3.05, 3.63) is 23.6 Å². The predicted octanol–water partition coefficient (Wildman–Crippen LogP) is 6.30. The van der Waals surface area contributed by atoms with E-state index in [1.54, 1.807) is 0 Å². The average Bonchev–Trinajstić information content (AvgIpc) is 3.24. The number of methoxy groups -OCH3 is 1. The summed E-state index contributed by atoms with van der Waals surface area (Å²) in [5, 5.41) is 31.7. The van der Waals surface area contributed by atoms with Crippen molar-refractivity contribution in [1.29, 1.82) is 0 Å². The number of ether oxygens (including phenoxy) is 1. The number of hydrogen-bond acceptors (Lipinski definition) is 5. The third kappa shape index (κ3) is 4.70. The summed E-state index contributed by atoms with van der Waals surface area (Å²) in [4.78, 5) is 4.01. The second kappa shape index (κ2) is 10.5. The number of nitrogens with zero attached hydrogens (tertiary/aromatic N) is 1. The Bertz CT molecular complexity index is 1040. The largest absolute Gasteiger partial charge is 0.481 e. The number of hydrogen-bond donors (Lipinski definition) is 3. The molecule has 4 aliphatic rings. The molecule has 4 fully saturated rings. The van der Waals surface area contributed by atoms with Gasteiger partial charge in [0.25, 0.3) is 5.92 Å². The van der Waals surface area contributed by atoms with Gasteiger partial charge in [0, 0.05) is 18.5 Å². The Hall–Kier alpha value is -1.38. The second-order valence-corrected chi connectivity index (χ2v) is 13.8. The quantitative estimate of drug-likeness (QED) is 0.369. The van der Waals surface area contributed by atoms with E-state index in [0.717, 1.165) is 32.1 Å². The smallest absolute Gasteiger partial charge is 0.251 e. The Labute approximate surface area is 230 Å². The number of aromatic nitrogens is 1. The molecule has 1 unspecified atom stereocenters.